The molecule has 0 aliphatic rings. The lowest BCUT2D eigenvalue weighted by Crippen LogP contribution is -2.27. The van der Waals surface area contributed by atoms with Crippen molar-refractivity contribution in [3.05, 3.63) is 55.5 Å². The first-order valence-corrected chi connectivity index (χ1v) is 21.9. The van der Waals surface area contributed by atoms with E-state index in [9.17, 15) is 0 Å². The van der Waals surface area contributed by atoms with Gasteiger partial charge in [0.25, 0.3) is 0 Å². The van der Waals surface area contributed by atoms with E-state index >= 15 is 0 Å². The molecule has 0 unspecified atom stereocenters. The Bertz CT molecular complexity index is 1030. The minimum absolute atomic E-state index is 0.745. The smallest absolute Gasteiger partial charge is 0.183 e. The monoisotopic (exact) mass is 680 g/mol. The highest BCUT2D eigenvalue weighted by atomic mass is 79.9. The van der Waals surface area contributed by atoms with Crippen LogP contribution in [0.4, 0.5) is 11.4 Å². The predicted octanol–water partition coefficient (Wildman–Crippen LogP) is 10.6. The normalized spacial score (nSPS) is 13.4. The Morgan fingerprint density at radius 2 is 0.895 bits per heavy atom. The van der Waals surface area contributed by atoms with E-state index in [1.54, 1.807) is 0 Å². The third-order valence-electron chi connectivity index (χ3n) is 5.92. The molecule has 0 radical (unpaired) electrons. The van der Waals surface area contributed by atoms with Crippen LogP contribution in [0, 0.1) is 27.7 Å². The van der Waals surface area contributed by atoms with E-state index < -0.39 is 16.6 Å². The van der Waals surface area contributed by atoms with E-state index in [0.29, 0.717) is 0 Å². The zero-order valence-electron chi connectivity index (χ0n) is 25.0. The van der Waals surface area contributed by atoms with Crippen molar-refractivity contribution < 1.29 is 8.85 Å². The molecule has 0 aromatic heterocycles. The molecule has 0 heterocycles. The number of nitrogens with zero attached hydrogens (tertiary/aromatic N) is 2. The summed E-state index contributed by atoms with van der Waals surface area (Å²) in [5.74, 6) is 0. The molecule has 38 heavy (non-hydrogen) atoms. The van der Waals surface area contributed by atoms with Gasteiger partial charge in [0.05, 0.1) is 22.8 Å². The summed E-state index contributed by atoms with van der Waals surface area (Å²) in [6.07, 6.45) is 3.48. The van der Waals surface area contributed by atoms with Crippen LogP contribution in [0.15, 0.2) is 43.2 Å². The van der Waals surface area contributed by atoms with Crippen molar-refractivity contribution >= 4 is 71.3 Å². The minimum atomic E-state index is -1.57. The fourth-order valence-electron chi connectivity index (χ4n) is 4.19. The SMILES string of the molecule is Cc1cc(Br)cc(C)c1N=C(CCCO[Si](C)(C)C)C(CCCO[Si](C)(C)C)=Nc1c(C)cc(Br)cc1C. The molecule has 0 aliphatic carbocycles. The third kappa shape index (κ3) is 11.7. The van der Waals surface area contributed by atoms with E-state index in [2.05, 4.69) is 123 Å². The van der Waals surface area contributed by atoms with Crippen molar-refractivity contribution in [2.24, 2.45) is 9.98 Å². The molecule has 0 saturated heterocycles. The summed E-state index contributed by atoms with van der Waals surface area (Å²) in [6, 6.07) is 8.55. The van der Waals surface area contributed by atoms with Gasteiger partial charge in [-0.25, -0.2) is 0 Å². The number of halogens is 2. The highest BCUT2D eigenvalue weighted by molar-refractivity contribution is 9.10. The maximum absolute atomic E-state index is 6.20. The van der Waals surface area contributed by atoms with E-state index in [1.807, 2.05) is 0 Å². The zero-order chi connectivity index (χ0) is 28.7. The lowest BCUT2D eigenvalue weighted by molar-refractivity contribution is 0.306. The minimum Gasteiger partial charge on any atom is -0.418 e. The molecule has 0 N–H and O–H groups in total. The number of rotatable bonds is 13. The van der Waals surface area contributed by atoms with E-state index in [1.165, 1.54) is 0 Å². The molecular formula is C30H46Br2N2O2Si2. The first-order chi connectivity index (χ1) is 17.6. The number of aryl methyl sites for hydroxylation is 4. The van der Waals surface area contributed by atoms with Crippen LogP contribution < -0.4 is 0 Å². The number of benzene rings is 2. The molecule has 2 rings (SSSR count). The summed E-state index contributed by atoms with van der Waals surface area (Å²) in [4.78, 5) is 10.6. The maximum atomic E-state index is 6.20. The molecule has 0 aliphatic heterocycles. The predicted molar refractivity (Wildman–Crippen MR) is 178 cm³/mol. The van der Waals surface area contributed by atoms with Gasteiger partial charge in [-0.3, -0.25) is 9.98 Å². The lowest BCUT2D eigenvalue weighted by atomic mass is 10.0. The van der Waals surface area contributed by atoms with Crippen molar-refractivity contribution in [2.45, 2.75) is 92.7 Å². The van der Waals surface area contributed by atoms with Gasteiger partial charge in [0.15, 0.2) is 16.6 Å². The average Bonchev–Trinajstić information content (AvgIpc) is 2.74. The summed E-state index contributed by atoms with van der Waals surface area (Å²) in [7, 11) is -3.14. The standard InChI is InChI=1S/C30H46Br2N2O2Si2/c1-21-17-25(31)18-22(2)29(21)33-27(13-11-15-35-37(5,6)7)28(14-12-16-36-38(8,9)10)34-30-23(3)19-26(32)20-24(30)4/h17-20H,11-16H2,1-10H3. The number of hydrogen-bond acceptors (Lipinski definition) is 4. The third-order valence-corrected chi connectivity index (χ3v) is 8.98. The molecule has 0 bridgehead atoms. The van der Waals surface area contributed by atoms with Gasteiger partial charge in [0, 0.05) is 22.2 Å². The molecule has 0 fully saturated rings. The van der Waals surface area contributed by atoms with Gasteiger partial charge < -0.3 is 8.85 Å². The molecule has 4 nitrogen and oxygen atoms in total. The summed E-state index contributed by atoms with van der Waals surface area (Å²) < 4.78 is 14.5. The zero-order valence-corrected chi connectivity index (χ0v) is 30.2. The van der Waals surface area contributed by atoms with Crippen molar-refractivity contribution in [1.29, 1.82) is 0 Å². The average molecular weight is 683 g/mol. The van der Waals surface area contributed by atoms with Gasteiger partial charge in [-0.1, -0.05) is 31.9 Å². The van der Waals surface area contributed by atoms with Crippen LogP contribution in [0.5, 0.6) is 0 Å². The van der Waals surface area contributed by atoms with Crippen molar-refractivity contribution in [3.63, 3.8) is 0 Å². The molecule has 210 valence electrons. The van der Waals surface area contributed by atoms with E-state index in [0.717, 1.165) is 92.9 Å². The molecular weight excluding hydrogens is 636 g/mol. The van der Waals surface area contributed by atoms with Gasteiger partial charge >= 0.3 is 0 Å². The van der Waals surface area contributed by atoms with Gasteiger partial charge in [-0.05, 0) is 139 Å². The molecule has 0 atom stereocenters. The number of hydrogen-bond donors (Lipinski definition) is 0. The Hall–Kier alpha value is -0.906. The van der Waals surface area contributed by atoms with E-state index in [4.69, 9.17) is 18.8 Å². The number of aliphatic imine (C=N–C) groups is 2. The van der Waals surface area contributed by atoms with Crippen LogP contribution in [0.25, 0.3) is 0 Å². The lowest BCUT2D eigenvalue weighted by Gasteiger charge is -2.19. The molecule has 2 aromatic carbocycles. The van der Waals surface area contributed by atoms with Crippen LogP contribution in [-0.4, -0.2) is 41.3 Å². The Balaban J connectivity index is 2.57. The van der Waals surface area contributed by atoms with Crippen LogP contribution in [0.3, 0.4) is 0 Å². The summed E-state index contributed by atoms with van der Waals surface area (Å²) in [5.41, 5.74) is 8.79. The summed E-state index contributed by atoms with van der Waals surface area (Å²) >= 11 is 7.27. The quantitative estimate of drug-likeness (QED) is 0.120. The van der Waals surface area contributed by atoms with Crippen LogP contribution in [-0.2, 0) is 8.85 Å². The van der Waals surface area contributed by atoms with Crippen molar-refractivity contribution in [1.82, 2.24) is 0 Å². The van der Waals surface area contributed by atoms with Crippen LogP contribution in [0.1, 0.15) is 47.9 Å². The topological polar surface area (TPSA) is 43.2 Å². The largest absolute Gasteiger partial charge is 0.418 e. The van der Waals surface area contributed by atoms with Crippen LogP contribution >= 0.6 is 31.9 Å². The van der Waals surface area contributed by atoms with Gasteiger partial charge in [0.1, 0.15) is 0 Å². The fraction of sp³-hybridized carbons (Fsp3) is 0.533. The molecule has 0 amide bonds. The second-order valence-electron chi connectivity index (χ2n) is 12.0. The van der Waals surface area contributed by atoms with Gasteiger partial charge in [0.2, 0.25) is 0 Å². The second-order valence-corrected chi connectivity index (χ2v) is 22.9. The highest BCUT2D eigenvalue weighted by Crippen LogP contribution is 2.31. The Morgan fingerprint density at radius 3 is 1.16 bits per heavy atom. The molecule has 0 saturated carbocycles. The fourth-order valence-corrected chi connectivity index (χ4v) is 7.08. The second kappa shape index (κ2) is 14.6. The van der Waals surface area contributed by atoms with Gasteiger partial charge in [-0.2, -0.15) is 0 Å². The molecule has 8 heteroatoms. The Morgan fingerprint density at radius 1 is 0.605 bits per heavy atom. The Labute approximate surface area is 250 Å². The van der Waals surface area contributed by atoms with Crippen molar-refractivity contribution in [2.75, 3.05) is 13.2 Å². The van der Waals surface area contributed by atoms with Crippen molar-refractivity contribution in [3.8, 4) is 0 Å². The summed E-state index contributed by atoms with van der Waals surface area (Å²) in [5, 5.41) is 0. The van der Waals surface area contributed by atoms with Crippen LogP contribution in [0.2, 0.25) is 39.3 Å². The molecule has 0 spiro atoms. The first-order valence-electron chi connectivity index (χ1n) is 13.5. The first kappa shape index (κ1) is 33.3. The van der Waals surface area contributed by atoms with E-state index in [-0.39, 0.29) is 0 Å². The highest BCUT2D eigenvalue weighted by Gasteiger charge is 2.18. The Kier molecular flexibility index (Phi) is 12.8. The van der Waals surface area contributed by atoms with Gasteiger partial charge in [-0.15, -0.1) is 0 Å². The molecule has 2 aromatic rings. The maximum Gasteiger partial charge on any atom is 0.183 e. The summed E-state index contributed by atoms with van der Waals surface area (Å²) in [6.45, 7) is 23.4.